The largest absolute Gasteiger partial charge is 0.382 e. The summed E-state index contributed by atoms with van der Waals surface area (Å²) in [5.41, 5.74) is 6.59. The van der Waals surface area contributed by atoms with Gasteiger partial charge in [-0.05, 0) is 19.3 Å². The molecule has 0 bridgehead atoms. The van der Waals surface area contributed by atoms with E-state index in [4.69, 9.17) is 5.73 Å². The van der Waals surface area contributed by atoms with Crippen LogP contribution in [0.1, 0.15) is 37.3 Å². The number of hydrogen-bond donors (Lipinski definition) is 1. The van der Waals surface area contributed by atoms with Crippen LogP contribution in [0.5, 0.6) is 0 Å². The van der Waals surface area contributed by atoms with E-state index >= 15 is 0 Å². The zero-order valence-electron chi connectivity index (χ0n) is 7.99. The highest BCUT2D eigenvalue weighted by atomic mass is 79.9. The van der Waals surface area contributed by atoms with Crippen molar-refractivity contribution in [1.82, 2.24) is 9.97 Å². The van der Waals surface area contributed by atoms with Crippen LogP contribution in [0.2, 0.25) is 0 Å². The second kappa shape index (κ2) is 4.26. The van der Waals surface area contributed by atoms with Crippen LogP contribution < -0.4 is 5.73 Å². The van der Waals surface area contributed by atoms with Gasteiger partial charge in [0.05, 0.1) is 18.1 Å². The van der Waals surface area contributed by atoms with Gasteiger partial charge >= 0.3 is 0 Å². The van der Waals surface area contributed by atoms with E-state index in [-0.39, 0.29) is 0 Å². The summed E-state index contributed by atoms with van der Waals surface area (Å²) in [7, 11) is 0. The van der Waals surface area contributed by atoms with Crippen molar-refractivity contribution in [3.8, 4) is 0 Å². The minimum Gasteiger partial charge on any atom is -0.382 e. The van der Waals surface area contributed by atoms with Gasteiger partial charge < -0.3 is 5.73 Å². The Balaban J connectivity index is 2.10. The first kappa shape index (κ1) is 9.90. The summed E-state index contributed by atoms with van der Waals surface area (Å²) in [6.45, 7) is 0. The number of aromatic nitrogens is 2. The van der Waals surface area contributed by atoms with E-state index in [1.165, 1.54) is 25.7 Å². The smallest absolute Gasteiger partial charge is 0.141 e. The lowest BCUT2D eigenvalue weighted by atomic mass is 9.87. The minimum absolute atomic E-state index is 0.500. The van der Waals surface area contributed by atoms with E-state index in [0.29, 0.717) is 16.6 Å². The average Bonchev–Trinajstić information content (AvgIpc) is 2.19. The van der Waals surface area contributed by atoms with Crippen LogP contribution in [0.3, 0.4) is 0 Å². The van der Waals surface area contributed by atoms with Gasteiger partial charge in [-0.25, -0.2) is 4.98 Å². The highest BCUT2D eigenvalue weighted by molar-refractivity contribution is 9.09. The van der Waals surface area contributed by atoms with Gasteiger partial charge in [-0.3, -0.25) is 4.98 Å². The van der Waals surface area contributed by atoms with Crippen molar-refractivity contribution in [3.05, 3.63) is 18.1 Å². The molecule has 1 aromatic rings. The molecule has 1 aliphatic carbocycles. The molecule has 14 heavy (non-hydrogen) atoms. The lowest BCUT2D eigenvalue weighted by Gasteiger charge is -2.24. The van der Waals surface area contributed by atoms with Crippen molar-refractivity contribution in [1.29, 1.82) is 0 Å². The van der Waals surface area contributed by atoms with Gasteiger partial charge in [0.15, 0.2) is 0 Å². The van der Waals surface area contributed by atoms with Crippen LogP contribution in [-0.2, 0) is 0 Å². The Bertz CT molecular complexity index is 299. The van der Waals surface area contributed by atoms with Gasteiger partial charge in [-0.1, -0.05) is 22.4 Å². The first-order chi connectivity index (χ1) is 6.75. The summed E-state index contributed by atoms with van der Waals surface area (Å²) in [6.07, 6.45) is 8.39. The Morgan fingerprint density at radius 1 is 1.29 bits per heavy atom. The van der Waals surface area contributed by atoms with Crippen LogP contribution in [-0.4, -0.2) is 14.8 Å². The number of rotatable bonds is 1. The molecule has 0 aromatic carbocycles. The van der Waals surface area contributed by atoms with Crippen molar-refractivity contribution in [2.24, 2.45) is 0 Å². The van der Waals surface area contributed by atoms with Crippen LogP contribution in [0.4, 0.5) is 5.82 Å². The third kappa shape index (κ3) is 2.23. The molecule has 2 unspecified atom stereocenters. The number of nitrogens with zero attached hydrogens (tertiary/aromatic N) is 2. The number of alkyl halides is 1. The maximum absolute atomic E-state index is 5.50. The number of hydrogen-bond acceptors (Lipinski definition) is 3. The summed E-state index contributed by atoms with van der Waals surface area (Å²) >= 11 is 3.67. The van der Waals surface area contributed by atoms with Gasteiger partial charge in [0, 0.05) is 10.7 Å². The van der Waals surface area contributed by atoms with Crippen LogP contribution in [0, 0.1) is 0 Å². The summed E-state index contributed by atoms with van der Waals surface area (Å²) in [5, 5.41) is 0. The van der Waals surface area contributed by atoms with Crippen molar-refractivity contribution < 1.29 is 0 Å². The van der Waals surface area contributed by atoms with Gasteiger partial charge in [0.2, 0.25) is 0 Å². The molecule has 76 valence electrons. The SMILES string of the molecule is Nc1cnc(C2CCCC(Br)C2)cn1. The number of halogens is 1. The third-order valence-electron chi connectivity index (χ3n) is 2.72. The van der Waals surface area contributed by atoms with Gasteiger partial charge in [-0.15, -0.1) is 0 Å². The van der Waals surface area contributed by atoms with E-state index in [9.17, 15) is 0 Å². The fourth-order valence-corrected chi connectivity index (χ4v) is 2.73. The zero-order valence-corrected chi connectivity index (χ0v) is 9.57. The quantitative estimate of drug-likeness (QED) is 0.785. The topological polar surface area (TPSA) is 51.8 Å². The molecule has 3 nitrogen and oxygen atoms in total. The molecule has 0 spiro atoms. The molecular weight excluding hydrogens is 242 g/mol. The lowest BCUT2D eigenvalue weighted by molar-refractivity contribution is 0.450. The number of anilines is 1. The zero-order chi connectivity index (χ0) is 9.97. The average molecular weight is 256 g/mol. The fraction of sp³-hybridized carbons (Fsp3) is 0.600. The maximum Gasteiger partial charge on any atom is 0.141 e. The van der Waals surface area contributed by atoms with Crippen molar-refractivity contribution >= 4 is 21.7 Å². The lowest BCUT2D eigenvalue weighted by Crippen LogP contribution is -2.14. The molecule has 0 radical (unpaired) electrons. The van der Waals surface area contributed by atoms with Gasteiger partial charge in [0.1, 0.15) is 5.82 Å². The van der Waals surface area contributed by atoms with E-state index < -0.39 is 0 Å². The van der Waals surface area contributed by atoms with E-state index in [0.717, 1.165) is 5.69 Å². The predicted molar refractivity (Wildman–Crippen MR) is 60.4 cm³/mol. The summed E-state index contributed by atoms with van der Waals surface area (Å²) in [6, 6.07) is 0. The number of nitrogens with two attached hydrogens (primary N) is 1. The van der Waals surface area contributed by atoms with Gasteiger partial charge in [-0.2, -0.15) is 0 Å². The highest BCUT2D eigenvalue weighted by Gasteiger charge is 2.22. The van der Waals surface area contributed by atoms with Crippen molar-refractivity contribution in [2.75, 3.05) is 5.73 Å². The van der Waals surface area contributed by atoms with Crippen molar-refractivity contribution in [3.63, 3.8) is 0 Å². The van der Waals surface area contributed by atoms with Crippen molar-refractivity contribution in [2.45, 2.75) is 36.4 Å². The van der Waals surface area contributed by atoms with Crippen LogP contribution in [0.15, 0.2) is 12.4 Å². The molecule has 1 aliphatic rings. The van der Waals surface area contributed by atoms with Gasteiger partial charge in [0.25, 0.3) is 0 Å². The van der Waals surface area contributed by atoms with Crippen LogP contribution in [0.25, 0.3) is 0 Å². The Morgan fingerprint density at radius 2 is 2.14 bits per heavy atom. The molecule has 1 aromatic heterocycles. The molecule has 2 N–H and O–H groups in total. The predicted octanol–water partition coefficient (Wildman–Crippen LogP) is 2.48. The summed E-state index contributed by atoms with van der Waals surface area (Å²) in [5.74, 6) is 1.06. The van der Waals surface area contributed by atoms with E-state index in [1.807, 2.05) is 6.20 Å². The molecule has 1 fully saturated rings. The first-order valence-electron chi connectivity index (χ1n) is 4.97. The second-order valence-electron chi connectivity index (χ2n) is 3.83. The van der Waals surface area contributed by atoms with Crippen LogP contribution >= 0.6 is 15.9 Å². The Hall–Kier alpha value is -0.640. The monoisotopic (exact) mass is 255 g/mol. The molecule has 0 aliphatic heterocycles. The fourth-order valence-electron chi connectivity index (χ4n) is 1.96. The normalized spacial score (nSPS) is 27.5. The molecule has 0 amide bonds. The summed E-state index contributed by atoms with van der Waals surface area (Å²) in [4.78, 5) is 9.05. The third-order valence-corrected chi connectivity index (χ3v) is 3.55. The maximum atomic E-state index is 5.50. The molecule has 1 heterocycles. The second-order valence-corrected chi connectivity index (χ2v) is 5.12. The highest BCUT2D eigenvalue weighted by Crippen LogP contribution is 2.34. The first-order valence-corrected chi connectivity index (χ1v) is 5.89. The van der Waals surface area contributed by atoms with E-state index in [2.05, 4.69) is 25.9 Å². The molecule has 4 heteroatoms. The molecule has 2 rings (SSSR count). The Kier molecular flexibility index (Phi) is 3.01. The number of nitrogen functional groups attached to an aromatic ring is 1. The summed E-state index contributed by atoms with van der Waals surface area (Å²) < 4.78 is 0. The Morgan fingerprint density at radius 3 is 2.79 bits per heavy atom. The standard InChI is InChI=1S/C10H14BrN3/c11-8-3-1-2-7(4-8)9-5-14-10(12)6-13-9/h5-8H,1-4H2,(H2,12,14). The Labute approximate surface area is 92.3 Å². The molecule has 1 saturated carbocycles. The molecule has 0 saturated heterocycles. The molecular formula is C10H14BrN3. The molecule has 2 atom stereocenters. The minimum atomic E-state index is 0.500. The van der Waals surface area contributed by atoms with E-state index in [1.54, 1.807) is 6.20 Å².